The number of rotatable bonds is 8. The second kappa shape index (κ2) is 8.67. The predicted molar refractivity (Wildman–Crippen MR) is 83.4 cm³/mol. The Morgan fingerprint density at radius 3 is 2.62 bits per heavy atom. The van der Waals surface area contributed by atoms with E-state index in [2.05, 4.69) is 5.32 Å². The molecule has 4 nitrogen and oxygen atoms in total. The van der Waals surface area contributed by atoms with E-state index in [0.29, 0.717) is 17.5 Å². The van der Waals surface area contributed by atoms with Crippen molar-refractivity contribution in [3.8, 4) is 0 Å². The number of nitrogens with one attached hydrogen (secondary N) is 1. The summed E-state index contributed by atoms with van der Waals surface area (Å²) >= 11 is 5.87. The summed E-state index contributed by atoms with van der Waals surface area (Å²) in [5, 5.41) is 12.3. The minimum Gasteiger partial charge on any atom is -0.481 e. The van der Waals surface area contributed by atoms with Crippen LogP contribution in [-0.2, 0) is 16.0 Å². The zero-order valence-corrected chi connectivity index (χ0v) is 13.2. The van der Waals surface area contributed by atoms with Crippen LogP contribution in [0.5, 0.6) is 0 Å². The van der Waals surface area contributed by atoms with Crippen LogP contribution in [0, 0.1) is 11.8 Å². The van der Waals surface area contributed by atoms with Gasteiger partial charge in [0.25, 0.3) is 0 Å². The average Bonchev–Trinajstić information content (AvgIpc) is 2.34. The van der Waals surface area contributed by atoms with Crippen LogP contribution in [0.2, 0.25) is 5.02 Å². The highest BCUT2D eigenvalue weighted by Crippen LogP contribution is 2.15. The van der Waals surface area contributed by atoms with Crippen molar-refractivity contribution in [2.24, 2.45) is 11.8 Å². The molecule has 21 heavy (non-hydrogen) atoms. The summed E-state index contributed by atoms with van der Waals surface area (Å²) in [6, 6.07) is 7.16. The van der Waals surface area contributed by atoms with Crippen LogP contribution in [0.25, 0.3) is 0 Å². The van der Waals surface area contributed by atoms with Gasteiger partial charge in [-0.05, 0) is 36.0 Å². The standard InChI is InChI=1S/C16H22ClNO3/c1-11(2)6-13(9-16(20)21)10-18-15(19)8-12-4-3-5-14(17)7-12/h3-5,7,11,13H,6,8-10H2,1-2H3,(H,18,19)(H,20,21). The molecule has 0 aliphatic rings. The van der Waals surface area contributed by atoms with Gasteiger partial charge in [0.05, 0.1) is 6.42 Å². The summed E-state index contributed by atoms with van der Waals surface area (Å²) in [7, 11) is 0. The third kappa shape index (κ3) is 7.71. The number of benzene rings is 1. The lowest BCUT2D eigenvalue weighted by Crippen LogP contribution is -2.32. The van der Waals surface area contributed by atoms with Crippen LogP contribution < -0.4 is 5.32 Å². The number of carboxylic acid groups (broad SMARTS) is 1. The minimum atomic E-state index is -0.829. The highest BCUT2D eigenvalue weighted by Gasteiger charge is 2.16. The topological polar surface area (TPSA) is 66.4 Å². The Morgan fingerprint density at radius 1 is 1.33 bits per heavy atom. The first-order chi connectivity index (χ1) is 9.86. The second-order valence-electron chi connectivity index (χ2n) is 5.70. The van der Waals surface area contributed by atoms with Crippen molar-refractivity contribution in [2.75, 3.05) is 6.54 Å². The molecule has 2 N–H and O–H groups in total. The summed E-state index contributed by atoms with van der Waals surface area (Å²) in [4.78, 5) is 22.7. The van der Waals surface area contributed by atoms with Crippen molar-refractivity contribution in [1.82, 2.24) is 5.32 Å². The van der Waals surface area contributed by atoms with Gasteiger partial charge in [0.15, 0.2) is 0 Å². The van der Waals surface area contributed by atoms with E-state index in [1.54, 1.807) is 18.2 Å². The Morgan fingerprint density at radius 2 is 2.05 bits per heavy atom. The number of amides is 1. The first-order valence-corrected chi connectivity index (χ1v) is 7.47. The van der Waals surface area contributed by atoms with Gasteiger partial charge in [0.1, 0.15) is 0 Å². The van der Waals surface area contributed by atoms with Crippen molar-refractivity contribution in [2.45, 2.75) is 33.1 Å². The number of hydrogen-bond donors (Lipinski definition) is 2. The van der Waals surface area contributed by atoms with Crippen molar-refractivity contribution >= 4 is 23.5 Å². The normalized spacial score (nSPS) is 12.2. The molecule has 1 atom stereocenters. The van der Waals surface area contributed by atoms with E-state index >= 15 is 0 Å². The second-order valence-corrected chi connectivity index (χ2v) is 6.14. The zero-order chi connectivity index (χ0) is 15.8. The molecule has 0 saturated heterocycles. The van der Waals surface area contributed by atoms with Crippen LogP contribution in [-0.4, -0.2) is 23.5 Å². The van der Waals surface area contributed by atoms with Gasteiger partial charge in [-0.1, -0.05) is 37.6 Å². The molecule has 0 aliphatic heterocycles. The molecule has 0 aromatic heterocycles. The van der Waals surface area contributed by atoms with Crippen LogP contribution in [0.15, 0.2) is 24.3 Å². The highest BCUT2D eigenvalue weighted by molar-refractivity contribution is 6.30. The Balaban J connectivity index is 2.47. The molecule has 1 aromatic rings. The number of halogens is 1. The number of carboxylic acids is 1. The lowest BCUT2D eigenvalue weighted by atomic mass is 9.94. The van der Waals surface area contributed by atoms with E-state index in [-0.39, 0.29) is 24.7 Å². The van der Waals surface area contributed by atoms with Crippen molar-refractivity contribution in [1.29, 1.82) is 0 Å². The molecular weight excluding hydrogens is 290 g/mol. The Bertz CT molecular complexity index is 488. The average molecular weight is 312 g/mol. The monoisotopic (exact) mass is 311 g/mol. The molecule has 0 heterocycles. The van der Waals surface area contributed by atoms with Gasteiger partial charge in [-0.2, -0.15) is 0 Å². The fourth-order valence-corrected chi connectivity index (χ4v) is 2.52. The largest absolute Gasteiger partial charge is 0.481 e. The molecule has 1 aromatic carbocycles. The third-order valence-corrected chi connectivity index (χ3v) is 3.34. The Hall–Kier alpha value is -1.55. The molecule has 0 fully saturated rings. The van der Waals surface area contributed by atoms with Crippen LogP contribution in [0.1, 0.15) is 32.3 Å². The van der Waals surface area contributed by atoms with Crippen molar-refractivity contribution in [3.05, 3.63) is 34.9 Å². The molecule has 1 unspecified atom stereocenters. The van der Waals surface area contributed by atoms with E-state index in [1.165, 1.54) is 0 Å². The lowest BCUT2D eigenvalue weighted by molar-refractivity contribution is -0.138. The summed E-state index contributed by atoms with van der Waals surface area (Å²) in [5.74, 6) is -0.578. The SMILES string of the molecule is CC(C)CC(CNC(=O)Cc1cccc(Cl)c1)CC(=O)O. The minimum absolute atomic E-state index is 0.0363. The number of carbonyl (C=O) groups is 2. The summed E-state index contributed by atoms with van der Waals surface area (Å²) in [6.07, 6.45) is 1.11. The van der Waals surface area contributed by atoms with E-state index in [1.807, 2.05) is 19.9 Å². The molecule has 0 spiro atoms. The summed E-state index contributed by atoms with van der Waals surface area (Å²) < 4.78 is 0. The molecular formula is C16H22ClNO3. The molecule has 0 saturated carbocycles. The smallest absolute Gasteiger partial charge is 0.303 e. The van der Waals surface area contributed by atoms with Crippen LogP contribution >= 0.6 is 11.6 Å². The highest BCUT2D eigenvalue weighted by atomic mass is 35.5. The Kier molecular flexibility index (Phi) is 7.23. The maximum atomic E-state index is 11.9. The quantitative estimate of drug-likeness (QED) is 0.775. The maximum absolute atomic E-state index is 11.9. The third-order valence-electron chi connectivity index (χ3n) is 3.11. The van der Waals surface area contributed by atoms with Gasteiger partial charge < -0.3 is 10.4 Å². The fourth-order valence-electron chi connectivity index (χ4n) is 2.31. The molecule has 0 radical (unpaired) electrons. The van der Waals surface area contributed by atoms with Crippen molar-refractivity contribution in [3.63, 3.8) is 0 Å². The van der Waals surface area contributed by atoms with Gasteiger partial charge in [-0.25, -0.2) is 0 Å². The van der Waals surface area contributed by atoms with Gasteiger partial charge in [-0.15, -0.1) is 0 Å². The van der Waals surface area contributed by atoms with Gasteiger partial charge in [0, 0.05) is 18.0 Å². The summed E-state index contributed by atoms with van der Waals surface area (Å²) in [6.45, 7) is 4.48. The van der Waals surface area contributed by atoms with E-state index in [9.17, 15) is 9.59 Å². The predicted octanol–water partition coefficient (Wildman–Crippen LogP) is 3.14. The van der Waals surface area contributed by atoms with Crippen LogP contribution in [0.3, 0.4) is 0 Å². The van der Waals surface area contributed by atoms with E-state index < -0.39 is 5.97 Å². The molecule has 1 rings (SSSR count). The first-order valence-electron chi connectivity index (χ1n) is 7.09. The number of carbonyl (C=O) groups excluding carboxylic acids is 1. The molecule has 0 aliphatic carbocycles. The van der Waals surface area contributed by atoms with Gasteiger partial charge >= 0.3 is 5.97 Å². The number of aliphatic carboxylic acids is 1. The molecule has 0 bridgehead atoms. The molecule has 116 valence electrons. The maximum Gasteiger partial charge on any atom is 0.303 e. The number of hydrogen-bond acceptors (Lipinski definition) is 2. The Labute approximate surface area is 130 Å². The van der Waals surface area contributed by atoms with Crippen LogP contribution in [0.4, 0.5) is 0 Å². The fraction of sp³-hybridized carbons (Fsp3) is 0.500. The first kappa shape index (κ1) is 17.5. The van der Waals surface area contributed by atoms with Crippen molar-refractivity contribution < 1.29 is 14.7 Å². The van der Waals surface area contributed by atoms with E-state index in [0.717, 1.165) is 12.0 Å². The molecule has 5 heteroatoms. The van der Waals surface area contributed by atoms with Gasteiger partial charge in [0.2, 0.25) is 5.91 Å². The zero-order valence-electron chi connectivity index (χ0n) is 12.4. The lowest BCUT2D eigenvalue weighted by Gasteiger charge is -2.17. The van der Waals surface area contributed by atoms with Gasteiger partial charge in [-0.3, -0.25) is 9.59 Å². The molecule has 1 amide bonds. The summed E-state index contributed by atoms with van der Waals surface area (Å²) in [5.41, 5.74) is 0.846. The van der Waals surface area contributed by atoms with E-state index in [4.69, 9.17) is 16.7 Å².